The molecule has 8 heteroatoms. The lowest BCUT2D eigenvalue weighted by Gasteiger charge is -2.28. The minimum Gasteiger partial charge on any atom is -0.396 e. The highest BCUT2D eigenvalue weighted by molar-refractivity contribution is 6.04. The predicted molar refractivity (Wildman–Crippen MR) is 134 cm³/mol. The molecule has 2 aromatic heterocycles. The highest BCUT2D eigenvalue weighted by atomic mass is 16.2. The number of hydrogen-bond donors (Lipinski definition) is 3. The van der Waals surface area contributed by atoms with Crippen molar-refractivity contribution in [2.75, 3.05) is 31.9 Å². The van der Waals surface area contributed by atoms with E-state index in [1.807, 2.05) is 47.4 Å². The van der Waals surface area contributed by atoms with Gasteiger partial charge in [0.1, 0.15) is 0 Å². The number of carbonyl (C=O) groups excluding carboxylic acids is 1. The Morgan fingerprint density at radius 1 is 1.03 bits per heavy atom. The second kappa shape index (κ2) is 8.29. The van der Waals surface area contributed by atoms with Crippen molar-refractivity contribution in [3.63, 3.8) is 0 Å². The van der Waals surface area contributed by atoms with Crippen LogP contribution in [0.2, 0.25) is 0 Å². The van der Waals surface area contributed by atoms with Crippen LogP contribution >= 0.6 is 0 Å². The molecule has 8 nitrogen and oxygen atoms in total. The number of aromatic amines is 2. The van der Waals surface area contributed by atoms with Crippen molar-refractivity contribution in [2.24, 2.45) is 0 Å². The van der Waals surface area contributed by atoms with Crippen molar-refractivity contribution in [1.82, 2.24) is 24.8 Å². The zero-order chi connectivity index (χ0) is 23.2. The van der Waals surface area contributed by atoms with Crippen LogP contribution in [0.5, 0.6) is 0 Å². The first-order chi connectivity index (χ1) is 16.6. The van der Waals surface area contributed by atoms with Gasteiger partial charge in [-0.1, -0.05) is 12.1 Å². The molecule has 1 atom stereocenters. The monoisotopic (exact) mass is 456 g/mol. The second-order valence-electron chi connectivity index (χ2n) is 9.41. The fourth-order valence-electron chi connectivity index (χ4n) is 5.46. The number of nitrogens with one attached hydrogen (secondary N) is 2. The molecule has 2 fully saturated rings. The number of fused-ring (bicyclic) bond motifs is 2. The average Bonchev–Trinajstić information content (AvgIpc) is 3.60. The van der Waals surface area contributed by atoms with Crippen LogP contribution < -0.4 is 11.3 Å². The number of rotatable bonds is 4. The molecule has 0 bridgehead atoms. The molecule has 2 aliphatic rings. The summed E-state index contributed by atoms with van der Waals surface area (Å²) >= 11 is 0. The summed E-state index contributed by atoms with van der Waals surface area (Å²) in [5, 5.41) is 0.774. The number of amides is 1. The topological polar surface area (TPSA) is 111 Å². The third-order valence-corrected chi connectivity index (χ3v) is 7.23. The highest BCUT2D eigenvalue weighted by Gasteiger charge is 2.31. The van der Waals surface area contributed by atoms with Gasteiger partial charge in [-0.2, -0.15) is 0 Å². The van der Waals surface area contributed by atoms with E-state index in [1.165, 1.54) is 12.8 Å². The van der Waals surface area contributed by atoms with Gasteiger partial charge in [0.25, 0.3) is 11.5 Å². The van der Waals surface area contributed by atoms with E-state index in [0.29, 0.717) is 28.0 Å². The van der Waals surface area contributed by atoms with E-state index in [2.05, 4.69) is 19.9 Å². The Hall–Kier alpha value is -3.65. The van der Waals surface area contributed by atoms with Gasteiger partial charge in [-0.3, -0.25) is 9.59 Å². The quantitative estimate of drug-likeness (QED) is 0.436. The number of anilines is 1. The van der Waals surface area contributed by atoms with Gasteiger partial charge in [0.05, 0.1) is 22.4 Å². The van der Waals surface area contributed by atoms with Gasteiger partial charge in [-0.05, 0) is 69.1 Å². The summed E-state index contributed by atoms with van der Waals surface area (Å²) < 4.78 is 0. The summed E-state index contributed by atoms with van der Waals surface area (Å²) in [6.45, 7) is 4.03. The molecule has 2 aliphatic heterocycles. The van der Waals surface area contributed by atoms with Gasteiger partial charge in [0.15, 0.2) is 5.69 Å². The van der Waals surface area contributed by atoms with Crippen molar-refractivity contribution in [3.8, 4) is 11.4 Å². The number of H-pyrrole nitrogens is 2. The number of nitrogens with zero attached hydrogens (tertiary/aromatic N) is 3. The molecular formula is C26H28N6O2. The molecule has 4 heterocycles. The number of nitrogen functional groups attached to an aromatic ring is 1. The standard InChI is InChI=1S/C26H28N6O2/c27-22-18-10-9-16(26(34)32-13-5-6-17(32)15-31-11-3-4-12-31)14-21(18)29-23(22)24-25(33)30-20-8-2-1-7-19(20)28-24/h1-2,7-10,14,17,29H,3-6,11-13,15,27H2,(H,30,33)/t17-/m1/s1. The Kier molecular flexibility index (Phi) is 5.10. The Bertz CT molecular complexity index is 1450. The minimum absolute atomic E-state index is 0.0556. The van der Waals surface area contributed by atoms with Crippen LogP contribution in [0.4, 0.5) is 5.69 Å². The first-order valence-electron chi connectivity index (χ1n) is 12.0. The summed E-state index contributed by atoms with van der Waals surface area (Å²) in [5.74, 6) is 0.0556. The van der Waals surface area contributed by atoms with E-state index in [1.54, 1.807) is 0 Å². The van der Waals surface area contributed by atoms with E-state index in [-0.39, 0.29) is 23.2 Å². The van der Waals surface area contributed by atoms with E-state index < -0.39 is 0 Å². The van der Waals surface area contributed by atoms with Crippen LogP contribution in [0.3, 0.4) is 0 Å². The molecule has 4 aromatic rings. The zero-order valence-corrected chi connectivity index (χ0v) is 19.0. The first kappa shape index (κ1) is 20.9. The number of aromatic nitrogens is 3. The molecule has 2 saturated heterocycles. The number of nitrogens with two attached hydrogens (primary N) is 1. The Labute approximate surface area is 196 Å². The molecular weight excluding hydrogens is 428 g/mol. The number of likely N-dealkylation sites (tertiary alicyclic amines) is 2. The predicted octanol–water partition coefficient (Wildman–Crippen LogP) is 3.35. The summed E-state index contributed by atoms with van der Waals surface area (Å²) in [6, 6.07) is 13.2. The SMILES string of the molecule is Nc1c(-c2nc3ccccc3[nH]c2=O)[nH]c2cc(C(=O)N3CCC[C@@H]3CN3CCCC3)ccc12. The van der Waals surface area contributed by atoms with Gasteiger partial charge < -0.3 is 25.5 Å². The fourth-order valence-corrected chi connectivity index (χ4v) is 5.46. The fraction of sp³-hybridized carbons (Fsp3) is 0.346. The van der Waals surface area contributed by atoms with Crippen molar-refractivity contribution in [3.05, 3.63) is 58.4 Å². The number of benzene rings is 2. The molecule has 0 aliphatic carbocycles. The number of carbonyl (C=O) groups is 1. The zero-order valence-electron chi connectivity index (χ0n) is 19.0. The lowest BCUT2D eigenvalue weighted by Crippen LogP contribution is -2.42. The highest BCUT2D eigenvalue weighted by Crippen LogP contribution is 2.32. The molecule has 6 rings (SSSR count). The van der Waals surface area contributed by atoms with Crippen LogP contribution in [0, 0.1) is 0 Å². The van der Waals surface area contributed by atoms with Gasteiger partial charge >= 0.3 is 0 Å². The second-order valence-corrected chi connectivity index (χ2v) is 9.41. The molecule has 174 valence electrons. The number of hydrogen-bond acceptors (Lipinski definition) is 5. The minimum atomic E-state index is -0.310. The molecule has 2 aromatic carbocycles. The van der Waals surface area contributed by atoms with Crippen LogP contribution in [0.25, 0.3) is 33.3 Å². The first-order valence-corrected chi connectivity index (χ1v) is 12.0. The van der Waals surface area contributed by atoms with E-state index >= 15 is 0 Å². The summed E-state index contributed by atoms with van der Waals surface area (Å²) in [7, 11) is 0. The maximum absolute atomic E-state index is 13.4. The molecule has 4 N–H and O–H groups in total. The van der Waals surface area contributed by atoms with Crippen molar-refractivity contribution < 1.29 is 4.79 Å². The summed E-state index contributed by atoms with van der Waals surface area (Å²) in [5.41, 5.74) is 9.99. The van der Waals surface area contributed by atoms with E-state index in [0.717, 1.165) is 49.9 Å². The lowest BCUT2D eigenvalue weighted by atomic mass is 10.1. The summed E-state index contributed by atoms with van der Waals surface area (Å²) in [4.78, 5) is 41.3. The Morgan fingerprint density at radius 2 is 1.85 bits per heavy atom. The molecule has 34 heavy (non-hydrogen) atoms. The van der Waals surface area contributed by atoms with Crippen molar-refractivity contribution in [1.29, 1.82) is 0 Å². The van der Waals surface area contributed by atoms with Crippen molar-refractivity contribution >= 4 is 33.5 Å². The molecule has 0 radical (unpaired) electrons. The van der Waals surface area contributed by atoms with Crippen LogP contribution in [0.1, 0.15) is 36.0 Å². The van der Waals surface area contributed by atoms with Gasteiger partial charge in [0.2, 0.25) is 0 Å². The average molecular weight is 457 g/mol. The van der Waals surface area contributed by atoms with Gasteiger partial charge in [0, 0.05) is 35.6 Å². The van der Waals surface area contributed by atoms with Crippen LogP contribution in [0.15, 0.2) is 47.3 Å². The van der Waals surface area contributed by atoms with E-state index in [9.17, 15) is 9.59 Å². The largest absolute Gasteiger partial charge is 0.396 e. The normalized spacial score (nSPS) is 18.9. The molecule has 0 saturated carbocycles. The van der Waals surface area contributed by atoms with E-state index in [4.69, 9.17) is 5.73 Å². The van der Waals surface area contributed by atoms with Gasteiger partial charge in [-0.15, -0.1) is 0 Å². The molecule has 0 spiro atoms. The van der Waals surface area contributed by atoms with Gasteiger partial charge in [-0.25, -0.2) is 4.98 Å². The van der Waals surface area contributed by atoms with Crippen LogP contribution in [-0.2, 0) is 0 Å². The maximum Gasteiger partial charge on any atom is 0.276 e. The molecule has 1 amide bonds. The third-order valence-electron chi connectivity index (χ3n) is 7.23. The van der Waals surface area contributed by atoms with Crippen molar-refractivity contribution in [2.45, 2.75) is 31.7 Å². The van der Waals surface area contributed by atoms with Crippen LogP contribution in [-0.4, -0.2) is 62.9 Å². The number of para-hydroxylation sites is 2. The Morgan fingerprint density at radius 3 is 2.71 bits per heavy atom. The maximum atomic E-state index is 13.4. The molecule has 0 unspecified atom stereocenters. The summed E-state index contributed by atoms with van der Waals surface area (Å²) in [6.07, 6.45) is 4.61. The Balaban J connectivity index is 1.33. The smallest absolute Gasteiger partial charge is 0.276 e. The third kappa shape index (κ3) is 3.54. The lowest BCUT2D eigenvalue weighted by molar-refractivity contribution is 0.0709.